The average Bonchev–Trinajstić information content (AvgIpc) is 2.76. The molecule has 1 unspecified atom stereocenters. The average molecular weight is 246 g/mol. The fraction of sp³-hybridized carbons (Fsp3) is 0.231. The van der Waals surface area contributed by atoms with Crippen molar-refractivity contribution < 1.29 is 14.3 Å². The van der Waals surface area contributed by atoms with Crippen LogP contribution in [0.5, 0.6) is 5.75 Å². The monoisotopic (exact) mass is 246 g/mol. The molecular formula is C13H14N2O3. The van der Waals surface area contributed by atoms with Crippen LogP contribution in [-0.4, -0.2) is 16.0 Å². The number of aromatic nitrogens is 1. The fourth-order valence-electron chi connectivity index (χ4n) is 1.59. The van der Waals surface area contributed by atoms with Crippen molar-refractivity contribution in [3.8, 4) is 5.75 Å². The lowest BCUT2D eigenvalue weighted by Crippen LogP contribution is -2.26. The van der Waals surface area contributed by atoms with Gasteiger partial charge in [-0.3, -0.25) is 9.78 Å². The molecule has 0 spiro atoms. The van der Waals surface area contributed by atoms with Gasteiger partial charge < -0.3 is 14.8 Å². The second-order valence-electron chi connectivity index (χ2n) is 4.08. The summed E-state index contributed by atoms with van der Waals surface area (Å²) in [5.41, 5.74) is 0.310. The topological polar surface area (TPSA) is 75.4 Å². The van der Waals surface area contributed by atoms with Crippen molar-refractivity contribution in [1.82, 2.24) is 10.3 Å². The second kappa shape index (κ2) is 4.91. The quantitative estimate of drug-likeness (QED) is 0.870. The van der Waals surface area contributed by atoms with E-state index in [9.17, 15) is 9.90 Å². The largest absolute Gasteiger partial charge is 0.506 e. The molecule has 0 aliphatic carbocycles. The van der Waals surface area contributed by atoms with Gasteiger partial charge in [-0.25, -0.2) is 0 Å². The first-order chi connectivity index (χ1) is 8.56. The van der Waals surface area contributed by atoms with Crippen molar-refractivity contribution in [2.75, 3.05) is 0 Å². The van der Waals surface area contributed by atoms with Gasteiger partial charge in [0.1, 0.15) is 17.3 Å². The molecule has 0 aliphatic heterocycles. The zero-order chi connectivity index (χ0) is 13.1. The van der Waals surface area contributed by atoms with Gasteiger partial charge in [0, 0.05) is 6.20 Å². The van der Waals surface area contributed by atoms with Gasteiger partial charge in [-0.1, -0.05) is 0 Å². The number of carbonyl (C=O) groups excluding carboxylic acids is 1. The number of hydrogen-bond donors (Lipinski definition) is 2. The van der Waals surface area contributed by atoms with Crippen LogP contribution in [0, 0.1) is 6.92 Å². The number of furan rings is 1. The zero-order valence-electron chi connectivity index (χ0n) is 10.2. The zero-order valence-corrected chi connectivity index (χ0v) is 10.2. The summed E-state index contributed by atoms with van der Waals surface area (Å²) < 4.78 is 5.43. The highest BCUT2D eigenvalue weighted by atomic mass is 16.3. The van der Waals surface area contributed by atoms with Crippen LogP contribution in [-0.2, 0) is 0 Å². The first-order valence-corrected chi connectivity index (χ1v) is 5.57. The van der Waals surface area contributed by atoms with Crippen molar-refractivity contribution in [3.05, 3.63) is 47.7 Å². The first-order valence-electron chi connectivity index (χ1n) is 5.57. The molecule has 0 aliphatic rings. The normalized spacial score (nSPS) is 12.1. The smallest absolute Gasteiger partial charge is 0.253 e. The molecule has 0 fully saturated rings. The maximum absolute atomic E-state index is 11.9. The molecule has 5 heteroatoms. The summed E-state index contributed by atoms with van der Waals surface area (Å²) >= 11 is 0. The number of aromatic hydroxyl groups is 1. The van der Waals surface area contributed by atoms with Gasteiger partial charge in [0.15, 0.2) is 0 Å². The number of nitrogens with zero attached hydrogens (tertiary/aromatic N) is 1. The van der Waals surface area contributed by atoms with Gasteiger partial charge in [-0.2, -0.15) is 0 Å². The highest BCUT2D eigenvalue weighted by Gasteiger charge is 2.14. The molecule has 2 aromatic heterocycles. The molecular weight excluding hydrogens is 232 g/mol. The Bertz CT molecular complexity index is 563. The van der Waals surface area contributed by atoms with Crippen LogP contribution in [0.1, 0.15) is 34.8 Å². The molecule has 0 aromatic carbocycles. The van der Waals surface area contributed by atoms with Gasteiger partial charge in [-0.05, 0) is 32.0 Å². The molecule has 2 N–H and O–H groups in total. The Morgan fingerprint density at radius 1 is 1.44 bits per heavy atom. The van der Waals surface area contributed by atoms with Gasteiger partial charge in [0.25, 0.3) is 5.91 Å². The second-order valence-corrected chi connectivity index (χ2v) is 4.08. The van der Waals surface area contributed by atoms with Crippen LogP contribution >= 0.6 is 0 Å². The number of pyridine rings is 1. The van der Waals surface area contributed by atoms with E-state index in [4.69, 9.17) is 4.42 Å². The Kier molecular flexibility index (Phi) is 3.32. The summed E-state index contributed by atoms with van der Waals surface area (Å²) in [5.74, 6) is 1.14. The highest BCUT2D eigenvalue weighted by Crippen LogP contribution is 2.16. The van der Waals surface area contributed by atoms with E-state index in [-0.39, 0.29) is 17.7 Å². The number of nitrogens with one attached hydrogen (secondary N) is 1. The van der Waals surface area contributed by atoms with E-state index in [2.05, 4.69) is 10.3 Å². The molecule has 0 bridgehead atoms. The summed E-state index contributed by atoms with van der Waals surface area (Å²) in [5, 5.41) is 12.0. The summed E-state index contributed by atoms with van der Waals surface area (Å²) in [7, 11) is 0. The van der Waals surface area contributed by atoms with Crippen molar-refractivity contribution in [2.45, 2.75) is 19.9 Å². The lowest BCUT2D eigenvalue weighted by molar-refractivity contribution is 0.0934. The molecule has 2 rings (SSSR count). The van der Waals surface area contributed by atoms with E-state index in [1.807, 2.05) is 26.0 Å². The number of carbonyl (C=O) groups is 1. The maximum atomic E-state index is 11.9. The van der Waals surface area contributed by atoms with Gasteiger partial charge in [-0.15, -0.1) is 0 Å². The summed E-state index contributed by atoms with van der Waals surface area (Å²) in [6, 6.07) is 4.78. The lowest BCUT2D eigenvalue weighted by Gasteiger charge is -2.11. The van der Waals surface area contributed by atoms with Crippen LogP contribution in [0.3, 0.4) is 0 Å². The van der Waals surface area contributed by atoms with E-state index in [1.54, 1.807) is 0 Å². The molecule has 1 amide bonds. The molecule has 5 nitrogen and oxygen atoms in total. The van der Waals surface area contributed by atoms with Gasteiger partial charge >= 0.3 is 0 Å². The summed E-state index contributed by atoms with van der Waals surface area (Å²) in [6.07, 6.45) is 2.67. The standard InChI is InChI=1S/C13H14N2O3/c1-8-3-4-12(18-8)9(2)15-13(17)10-5-11(16)7-14-6-10/h3-7,9,16H,1-2H3,(H,15,17). The molecule has 0 radical (unpaired) electrons. The van der Waals surface area contributed by atoms with Crippen molar-refractivity contribution in [1.29, 1.82) is 0 Å². The van der Waals surface area contributed by atoms with E-state index in [0.29, 0.717) is 11.3 Å². The Labute approximate surface area is 104 Å². The number of hydrogen-bond acceptors (Lipinski definition) is 4. The van der Waals surface area contributed by atoms with Gasteiger partial charge in [0.05, 0.1) is 17.8 Å². The predicted molar refractivity (Wildman–Crippen MR) is 65.2 cm³/mol. The molecule has 2 aromatic rings. The molecule has 2 heterocycles. The fourth-order valence-corrected chi connectivity index (χ4v) is 1.59. The third-order valence-corrected chi connectivity index (χ3v) is 2.52. The van der Waals surface area contributed by atoms with Gasteiger partial charge in [0.2, 0.25) is 0 Å². The van der Waals surface area contributed by atoms with Crippen LogP contribution in [0.15, 0.2) is 35.0 Å². The molecule has 18 heavy (non-hydrogen) atoms. The Hall–Kier alpha value is -2.30. The summed E-state index contributed by atoms with van der Waals surface area (Å²) in [4.78, 5) is 15.6. The maximum Gasteiger partial charge on any atom is 0.253 e. The third-order valence-electron chi connectivity index (χ3n) is 2.52. The van der Waals surface area contributed by atoms with E-state index in [0.717, 1.165) is 5.76 Å². The van der Waals surface area contributed by atoms with Crippen molar-refractivity contribution in [3.63, 3.8) is 0 Å². The van der Waals surface area contributed by atoms with Crippen LogP contribution in [0.2, 0.25) is 0 Å². The lowest BCUT2D eigenvalue weighted by atomic mass is 10.2. The number of aryl methyl sites for hydroxylation is 1. The van der Waals surface area contributed by atoms with Crippen LogP contribution < -0.4 is 5.32 Å². The minimum atomic E-state index is -0.306. The Morgan fingerprint density at radius 2 is 2.22 bits per heavy atom. The van der Waals surface area contributed by atoms with E-state index in [1.165, 1.54) is 18.5 Å². The van der Waals surface area contributed by atoms with Crippen molar-refractivity contribution >= 4 is 5.91 Å². The molecule has 0 saturated carbocycles. The Balaban J connectivity index is 2.08. The number of rotatable bonds is 3. The van der Waals surface area contributed by atoms with Crippen molar-refractivity contribution in [2.24, 2.45) is 0 Å². The highest BCUT2D eigenvalue weighted by molar-refractivity contribution is 5.94. The number of amides is 1. The molecule has 1 atom stereocenters. The van der Waals surface area contributed by atoms with E-state index < -0.39 is 0 Å². The molecule has 0 saturated heterocycles. The van der Waals surface area contributed by atoms with Crippen LogP contribution in [0.25, 0.3) is 0 Å². The summed E-state index contributed by atoms with van der Waals surface area (Å²) in [6.45, 7) is 3.67. The SMILES string of the molecule is Cc1ccc(C(C)NC(=O)c2cncc(O)c2)o1. The predicted octanol–water partition coefficient (Wildman–Crippen LogP) is 2.18. The Morgan fingerprint density at radius 3 is 2.83 bits per heavy atom. The van der Waals surface area contributed by atoms with E-state index >= 15 is 0 Å². The first kappa shape index (κ1) is 12.2. The van der Waals surface area contributed by atoms with Crippen LogP contribution in [0.4, 0.5) is 0 Å². The molecule has 94 valence electrons. The minimum Gasteiger partial charge on any atom is -0.506 e. The minimum absolute atomic E-state index is 0.0378. The third kappa shape index (κ3) is 2.68.